The molecular formula is C26H35FN4O3. The lowest BCUT2D eigenvalue weighted by atomic mass is 9.97. The van der Waals surface area contributed by atoms with Crippen LogP contribution in [0.2, 0.25) is 0 Å². The summed E-state index contributed by atoms with van der Waals surface area (Å²) in [6.45, 7) is 7.17. The Labute approximate surface area is 201 Å². The molecule has 0 spiro atoms. The second-order valence-electron chi connectivity index (χ2n) is 10.1. The number of nitrogens with zero attached hydrogens (tertiary/aromatic N) is 4. The average Bonchev–Trinajstić information content (AvgIpc) is 2.83. The number of piperidine rings is 2. The molecule has 4 rings (SSSR count). The predicted molar refractivity (Wildman–Crippen MR) is 128 cm³/mol. The number of aromatic nitrogens is 2. The highest BCUT2D eigenvalue weighted by molar-refractivity contribution is 5.94. The molecule has 1 aromatic carbocycles. The van der Waals surface area contributed by atoms with E-state index < -0.39 is 11.8 Å². The molecule has 7 nitrogen and oxygen atoms in total. The third-order valence-corrected chi connectivity index (χ3v) is 6.51. The normalized spacial score (nSPS) is 20.4. The summed E-state index contributed by atoms with van der Waals surface area (Å²) >= 11 is 0. The maximum absolute atomic E-state index is 13.8. The molecule has 2 aliphatic rings. The highest BCUT2D eigenvalue weighted by atomic mass is 19.1. The lowest BCUT2D eigenvalue weighted by Gasteiger charge is -2.34. The molecule has 0 unspecified atom stereocenters. The Morgan fingerprint density at radius 1 is 1.12 bits per heavy atom. The second-order valence-corrected chi connectivity index (χ2v) is 10.1. The lowest BCUT2D eigenvalue weighted by molar-refractivity contribution is 0.0474. The number of aliphatic hydroxyl groups is 1. The Balaban J connectivity index is 1.26. The fraction of sp³-hybridized carbons (Fsp3) is 0.577. The summed E-state index contributed by atoms with van der Waals surface area (Å²) < 4.78 is 19.7. The zero-order chi connectivity index (χ0) is 24.1. The van der Waals surface area contributed by atoms with E-state index in [2.05, 4.69) is 14.9 Å². The summed E-state index contributed by atoms with van der Waals surface area (Å²) in [7, 11) is 0. The summed E-state index contributed by atoms with van der Waals surface area (Å²) in [6.07, 6.45) is 6.43. The quantitative estimate of drug-likeness (QED) is 0.667. The zero-order valence-corrected chi connectivity index (χ0v) is 20.1. The van der Waals surface area contributed by atoms with Crippen LogP contribution in [0.5, 0.6) is 5.88 Å². The van der Waals surface area contributed by atoms with E-state index in [9.17, 15) is 14.3 Å². The van der Waals surface area contributed by atoms with Crippen LogP contribution < -0.4 is 4.74 Å². The van der Waals surface area contributed by atoms with Gasteiger partial charge in [0, 0.05) is 30.8 Å². The van der Waals surface area contributed by atoms with E-state index in [-0.39, 0.29) is 5.91 Å². The minimum absolute atomic E-state index is 0.0561. The maximum atomic E-state index is 13.8. The first kappa shape index (κ1) is 24.5. The Hall–Kier alpha value is -2.58. The molecule has 1 aromatic heterocycles. The highest BCUT2D eigenvalue weighted by Crippen LogP contribution is 2.23. The van der Waals surface area contributed by atoms with E-state index in [0.29, 0.717) is 49.3 Å². The van der Waals surface area contributed by atoms with Gasteiger partial charge in [0.25, 0.3) is 5.91 Å². The van der Waals surface area contributed by atoms with Crippen LogP contribution in [-0.2, 0) is 0 Å². The fourth-order valence-electron chi connectivity index (χ4n) is 4.69. The standard InChI is InChI=1S/C26H35FN4O3/c1-26(2,27)18-30-12-9-19(10-13-30)17-34-24-15-28-23(14-29-24)20-5-7-21(8-6-20)25(33)31-11-3-4-22(32)16-31/h5-8,14-15,19,22,32H,3-4,9-13,16-18H2,1-2H3/t22-/m1/s1. The first-order valence-electron chi connectivity index (χ1n) is 12.2. The summed E-state index contributed by atoms with van der Waals surface area (Å²) in [5.74, 6) is 0.873. The maximum Gasteiger partial charge on any atom is 0.253 e. The molecule has 2 fully saturated rings. The van der Waals surface area contributed by atoms with E-state index in [4.69, 9.17) is 4.74 Å². The number of rotatable bonds is 7. The van der Waals surface area contributed by atoms with Gasteiger partial charge in [-0.05, 0) is 70.7 Å². The number of aliphatic hydroxyl groups excluding tert-OH is 1. The number of likely N-dealkylation sites (tertiary alicyclic amines) is 2. The fourth-order valence-corrected chi connectivity index (χ4v) is 4.69. The third-order valence-electron chi connectivity index (χ3n) is 6.51. The van der Waals surface area contributed by atoms with Crippen molar-refractivity contribution in [1.82, 2.24) is 19.8 Å². The van der Waals surface area contributed by atoms with Gasteiger partial charge in [0.1, 0.15) is 5.67 Å². The Morgan fingerprint density at radius 3 is 2.47 bits per heavy atom. The molecule has 2 aromatic rings. The van der Waals surface area contributed by atoms with Crippen LogP contribution in [0.1, 0.15) is 49.9 Å². The van der Waals surface area contributed by atoms with Gasteiger partial charge in [-0.15, -0.1) is 0 Å². The highest BCUT2D eigenvalue weighted by Gasteiger charge is 2.26. The molecule has 1 N–H and O–H groups in total. The third kappa shape index (κ3) is 6.73. The molecule has 0 bridgehead atoms. The molecule has 0 saturated carbocycles. The van der Waals surface area contributed by atoms with Crippen molar-refractivity contribution in [2.75, 3.05) is 39.3 Å². The van der Waals surface area contributed by atoms with Gasteiger partial charge in [-0.1, -0.05) is 12.1 Å². The number of carbonyl (C=O) groups is 1. The van der Waals surface area contributed by atoms with E-state index in [0.717, 1.165) is 44.3 Å². The summed E-state index contributed by atoms with van der Waals surface area (Å²) in [4.78, 5) is 25.4. The molecule has 3 heterocycles. The van der Waals surface area contributed by atoms with Gasteiger partial charge >= 0.3 is 0 Å². The Bertz CT molecular complexity index is 938. The number of alkyl halides is 1. The number of ether oxygens (including phenoxy) is 1. The van der Waals surface area contributed by atoms with Crippen molar-refractivity contribution in [3.8, 4) is 17.1 Å². The van der Waals surface area contributed by atoms with Crippen LogP contribution in [-0.4, -0.2) is 81.9 Å². The van der Waals surface area contributed by atoms with Gasteiger partial charge in [-0.25, -0.2) is 14.4 Å². The summed E-state index contributed by atoms with van der Waals surface area (Å²) in [5.41, 5.74) is 1.03. The van der Waals surface area contributed by atoms with Crippen molar-refractivity contribution in [1.29, 1.82) is 0 Å². The SMILES string of the molecule is CC(C)(F)CN1CCC(COc2cnc(-c3ccc(C(=O)N4CCC[C@@H](O)C4)cc3)cn2)CC1. The molecule has 34 heavy (non-hydrogen) atoms. The number of amides is 1. The molecular weight excluding hydrogens is 435 g/mol. The minimum atomic E-state index is -1.16. The van der Waals surface area contributed by atoms with Gasteiger partial charge in [0.15, 0.2) is 0 Å². The van der Waals surface area contributed by atoms with Crippen LogP contribution in [0.15, 0.2) is 36.7 Å². The molecule has 0 radical (unpaired) electrons. The van der Waals surface area contributed by atoms with Gasteiger partial charge in [0.2, 0.25) is 5.88 Å². The Kier molecular flexibility index (Phi) is 7.78. The smallest absolute Gasteiger partial charge is 0.253 e. The van der Waals surface area contributed by atoms with Crippen LogP contribution >= 0.6 is 0 Å². The van der Waals surface area contributed by atoms with E-state index in [1.54, 1.807) is 43.3 Å². The molecule has 2 saturated heterocycles. The van der Waals surface area contributed by atoms with E-state index >= 15 is 0 Å². The van der Waals surface area contributed by atoms with E-state index in [1.165, 1.54) is 0 Å². The van der Waals surface area contributed by atoms with Crippen molar-refractivity contribution in [3.05, 3.63) is 42.2 Å². The largest absolute Gasteiger partial charge is 0.476 e. The number of halogens is 1. The van der Waals surface area contributed by atoms with Gasteiger partial charge in [0.05, 0.1) is 30.8 Å². The van der Waals surface area contributed by atoms with Crippen molar-refractivity contribution in [2.24, 2.45) is 5.92 Å². The average molecular weight is 471 g/mol. The minimum Gasteiger partial charge on any atom is -0.476 e. The first-order valence-corrected chi connectivity index (χ1v) is 12.2. The first-order chi connectivity index (χ1) is 16.3. The number of β-amino-alcohol motifs (C(OH)–C–C–N with tert-alkyl or cyclic N) is 1. The summed E-state index contributed by atoms with van der Waals surface area (Å²) in [5, 5.41) is 9.82. The number of benzene rings is 1. The lowest BCUT2D eigenvalue weighted by Crippen LogP contribution is -2.42. The van der Waals surface area contributed by atoms with Crippen LogP contribution in [0, 0.1) is 5.92 Å². The molecule has 8 heteroatoms. The van der Waals surface area contributed by atoms with E-state index in [1.807, 2.05) is 12.1 Å². The molecule has 2 aliphatic heterocycles. The number of hydrogen-bond donors (Lipinski definition) is 1. The number of hydrogen-bond acceptors (Lipinski definition) is 6. The van der Waals surface area contributed by atoms with Crippen LogP contribution in [0.3, 0.4) is 0 Å². The topological polar surface area (TPSA) is 78.8 Å². The van der Waals surface area contributed by atoms with Crippen molar-refractivity contribution < 1.29 is 19.0 Å². The predicted octanol–water partition coefficient (Wildman–Crippen LogP) is 3.58. The van der Waals surface area contributed by atoms with Gasteiger partial charge < -0.3 is 19.6 Å². The van der Waals surface area contributed by atoms with Crippen molar-refractivity contribution in [2.45, 2.75) is 51.3 Å². The molecule has 0 aliphatic carbocycles. The van der Waals surface area contributed by atoms with Crippen LogP contribution in [0.25, 0.3) is 11.3 Å². The Morgan fingerprint density at radius 2 is 1.85 bits per heavy atom. The number of carbonyl (C=O) groups excluding carboxylic acids is 1. The molecule has 1 atom stereocenters. The monoisotopic (exact) mass is 470 g/mol. The van der Waals surface area contributed by atoms with Crippen LogP contribution in [0.4, 0.5) is 4.39 Å². The van der Waals surface area contributed by atoms with Crippen molar-refractivity contribution in [3.63, 3.8) is 0 Å². The van der Waals surface area contributed by atoms with Crippen molar-refractivity contribution >= 4 is 5.91 Å². The summed E-state index contributed by atoms with van der Waals surface area (Å²) in [6, 6.07) is 7.32. The molecule has 184 valence electrons. The molecule has 1 amide bonds. The van der Waals surface area contributed by atoms with Gasteiger partial charge in [-0.2, -0.15) is 0 Å². The second kappa shape index (κ2) is 10.8. The zero-order valence-electron chi connectivity index (χ0n) is 20.1. The van der Waals surface area contributed by atoms with Gasteiger partial charge in [-0.3, -0.25) is 4.79 Å².